The van der Waals surface area contributed by atoms with Gasteiger partial charge in [-0.1, -0.05) is 0 Å². The molecule has 2 atom stereocenters. The van der Waals surface area contributed by atoms with Crippen molar-refractivity contribution in [3.63, 3.8) is 0 Å². The summed E-state index contributed by atoms with van der Waals surface area (Å²) in [7, 11) is -5.01. The van der Waals surface area contributed by atoms with E-state index in [9.17, 15) is 9.67 Å². The molecule has 0 aromatic carbocycles. The van der Waals surface area contributed by atoms with Crippen molar-refractivity contribution in [2.75, 3.05) is 26.3 Å². The van der Waals surface area contributed by atoms with Crippen LogP contribution in [0.4, 0.5) is 0 Å². The maximum atomic E-state index is 11.2. The summed E-state index contributed by atoms with van der Waals surface area (Å²) in [6, 6.07) is 0. The van der Waals surface area contributed by atoms with Crippen LogP contribution < -0.4 is 5.73 Å². The molecule has 0 bridgehead atoms. The lowest BCUT2D eigenvalue weighted by Gasteiger charge is -2.13. The molecule has 0 radical (unpaired) electrons. The highest BCUT2D eigenvalue weighted by molar-refractivity contribution is 7.47. The molecule has 0 aromatic heterocycles. The van der Waals surface area contributed by atoms with Crippen LogP contribution in [-0.4, -0.2) is 47.5 Å². The van der Waals surface area contributed by atoms with Crippen LogP contribution in [0.1, 0.15) is 6.85 Å². The van der Waals surface area contributed by atoms with Crippen molar-refractivity contribution in [2.45, 2.75) is 6.08 Å². The fourth-order valence-electron chi connectivity index (χ4n) is 0.318. The lowest BCUT2D eigenvalue weighted by molar-refractivity contribution is 0.0367. The standard InChI is InChI=1S/C5H14NO6P/c6-1-2-11-13(9,10)12-4-5(8)3-7/h5,7-8H,1-4,6H2,(H,9,10)/i3D2,4D2,5D. The van der Waals surface area contributed by atoms with Crippen molar-refractivity contribution < 1.29 is 35.6 Å². The maximum Gasteiger partial charge on any atom is 0.472 e. The van der Waals surface area contributed by atoms with E-state index in [0.717, 1.165) is 0 Å². The third kappa shape index (κ3) is 7.09. The lowest BCUT2D eigenvalue weighted by atomic mass is 10.4. The van der Waals surface area contributed by atoms with Crippen molar-refractivity contribution in [3.8, 4) is 0 Å². The Kier molecular flexibility index (Phi) is 3.21. The molecule has 0 aliphatic rings. The Balaban J connectivity index is 5.01. The molecule has 0 fully saturated rings. The number of aliphatic hydroxyl groups is 2. The van der Waals surface area contributed by atoms with E-state index in [1.807, 2.05) is 0 Å². The van der Waals surface area contributed by atoms with Crippen molar-refractivity contribution in [3.05, 3.63) is 0 Å². The first-order chi connectivity index (χ1) is 7.77. The third-order valence-electron chi connectivity index (χ3n) is 0.736. The monoisotopic (exact) mass is 220 g/mol. The maximum absolute atomic E-state index is 11.2. The van der Waals surface area contributed by atoms with Crippen LogP contribution in [0.15, 0.2) is 0 Å². The Hall–Kier alpha value is -0.0100. The van der Waals surface area contributed by atoms with Gasteiger partial charge in [-0.05, 0) is 0 Å². The summed E-state index contributed by atoms with van der Waals surface area (Å²) in [5, 5.41) is 18.0. The molecule has 2 unspecified atom stereocenters. The molecule has 8 heteroatoms. The molecule has 5 N–H and O–H groups in total. The molecule has 0 aromatic rings. The van der Waals surface area contributed by atoms with E-state index in [2.05, 4.69) is 9.05 Å². The van der Waals surface area contributed by atoms with Crippen LogP contribution in [-0.2, 0) is 13.6 Å². The van der Waals surface area contributed by atoms with Crippen LogP contribution in [0.5, 0.6) is 0 Å². The van der Waals surface area contributed by atoms with Crippen LogP contribution in [0.3, 0.4) is 0 Å². The van der Waals surface area contributed by atoms with Gasteiger partial charge < -0.3 is 20.8 Å². The summed E-state index contributed by atoms with van der Waals surface area (Å²) in [4.78, 5) is 9.03. The van der Waals surface area contributed by atoms with Gasteiger partial charge in [0.25, 0.3) is 0 Å². The van der Waals surface area contributed by atoms with Crippen molar-refractivity contribution in [1.82, 2.24) is 0 Å². The molecule has 0 rings (SSSR count). The average molecular weight is 220 g/mol. The van der Waals surface area contributed by atoms with Gasteiger partial charge in [0.2, 0.25) is 0 Å². The molecule has 0 saturated heterocycles. The second-order valence-corrected chi connectivity index (χ2v) is 3.12. The van der Waals surface area contributed by atoms with Crippen molar-refractivity contribution in [1.29, 1.82) is 0 Å². The van der Waals surface area contributed by atoms with Gasteiger partial charge in [-0.2, -0.15) is 0 Å². The largest absolute Gasteiger partial charge is 0.472 e. The molecule has 13 heavy (non-hydrogen) atoms. The van der Waals surface area contributed by atoms with Gasteiger partial charge in [0.1, 0.15) is 6.08 Å². The number of phosphoric acid groups is 1. The summed E-state index contributed by atoms with van der Waals surface area (Å²) in [5.74, 6) is 0. The number of hydrogen-bond donors (Lipinski definition) is 4. The molecule has 0 saturated carbocycles. The minimum atomic E-state index is -5.01. The predicted octanol–water partition coefficient (Wildman–Crippen LogP) is -1.57. The zero-order chi connectivity index (χ0) is 14.8. The van der Waals surface area contributed by atoms with Crippen LogP contribution in [0.25, 0.3) is 0 Å². The Morgan fingerprint density at radius 2 is 2.31 bits per heavy atom. The molecule has 0 heterocycles. The average Bonchev–Trinajstić information content (AvgIpc) is 2.11. The third-order valence-corrected chi connectivity index (χ3v) is 1.57. The molecule has 80 valence electrons. The minimum absolute atomic E-state index is 0.178. The van der Waals surface area contributed by atoms with Gasteiger partial charge >= 0.3 is 7.82 Å². The molecular weight excluding hydrogens is 201 g/mol. The smallest absolute Gasteiger partial charge is 0.394 e. The van der Waals surface area contributed by atoms with Crippen LogP contribution in [0, 0.1) is 0 Å². The van der Waals surface area contributed by atoms with E-state index < -0.39 is 33.6 Å². The SMILES string of the molecule is [2H]C([2H])(O)C([2H])(O)C([2H])([2H])OP(=O)(O)OCCN. The van der Waals surface area contributed by atoms with Crippen LogP contribution >= 0.6 is 7.82 Å². The molecular formula is C5H14NO6P. The number of phosphoric ester groups is 1. The second-order valence-electron chi connectivity index (χ2n) is 1.74. The van der Waals surface area contributed by atoms with E-state index >= 15 is 0 Å². The highest BCUT2D eigenvalue weighted by Gasteiger charge is 2.21. The minimum Gasteiger partial charge on any atom is -0.394 e. The predicted molar refractivity (Wildman–Crippen MR) is 43.9 cm³/mol. The van der Waals surface area contributed by atoms with Gasteiger partial charge in [0, 0.05) is 6.54 Å². The van der Waals surface area contributed by atoms with E-state index in [0.29, 0.717) is 0 Å². The highest BCUT2D eigenvalue weighted by Crippen LogP contribution is 2.42. The summed E-state index contributed by atoms with van der Waals surface area (Å²) in [5.41, 5.74) is 4.96. The van der Waals surface area contributed by atoms with E-state index in [1.54, 1.807) is 0 Å². The first-order valence-corrected chi connectivity index (χ1v) is 4.59. The molecule has 7 nitrogen and oxygen atoms in total. The summed E-state index contributed by atoms with van der Waals surface area (Å²) >= 11 is 0. The number of rotatable bonds is 7. The topological polar surface area (TPSA) is 122 Å². The Morgan fingerprint density at radius 3 is 2.77 bits per heavy atom. The summed E-state index contributed by atoms with van der Waals surface area (Å²) in [6.45, 7) is -8.11. The highest BCUT2D eigenvalue weighted by atomic mass is 31.2. The zero-order valence-corrected chi connectivity index (χ0v) is 7.40. The molecule has 0 aliphatic carbocycles. The first-order valence-electron chi connectivity index (χ1n) is 5.60. The van der Waals surface area contributed by atoms with E-state index in [-0.39, 0.29) is 6.54 Å². The number of hydrogen-bond acceptors (Lipinski definition) is 6. The summed E-state index contributed by atoms with van der Waals surface area (Å²) in [6.07, 6.45) is -3.86. The van der Waals surface area contributed by atoms with Gasteiger partial charge in [0.15, 0.2) is 0 Å². The zero-order valence-electron chi connectivity index (χ0n) is 11.5. The Bertz CT molecular complexity index is 333. The molecule has 0 amide bonds. The van der Waals surface area contributed by atoms with Gasteiger partial charge in [-0.25, -0.2) is 4.57 Å². The lowest BCUT2D eigenvalue weighted by Crippen LogP contribution is -2.19. The van der Waals surface area contributed by atoms with Gasteiger partial charge in [-0.15, -0.1) is 0 Å². The first kappa shape index (κ1) is 6.47. The van der Waals surface area contributed by atoms with Crippen LogP contribution in [0.2, 0.25) is 0 Å². The van der Waals surface area contributed by atoms with E-state index in [1.165, 1.54) is 0 Å². The van der Waals surface area contributed by atoms with Crippen molar-refractivity contribution in [2.24, 2.45) is 5.73 Å². The summed E-state index contributed by atoms with van der Waals surface area (Å²) < 4.78 is 53.5. The Labute approximate surface area is 82.7 Å². The quantitative estimate of drug-likeness (QED) is 0.382. The van der Waals surface area contributed by atoms with E-state index in [4.69, 9.17) is 22.6 Å². The van der Waals surface area contributed by atoms with Gasteiger partial charge in [0.05, 0.1) is 26.6 Å². The fraction of sp³-hybridized carbons (Fsp3) is 1.00. The Morgan fingerprint density at radius 1 is 1.69 bits per heavy atom. The molecule has 0 aliphatic heterocycles. The normalized spacial score (nSPS) is 28.5. The number of nitrogens with two attached hydrogens (primary N) is 1. The second kappa shape index (κ2) is 6.44. The van der Waals surface area contributed by atoms with Gasteiger partial charge in [-0.3, -0.25) is 9.05 Å². The fourth-order valence-corrected chi connectivity index (χ4v) is 0.909. The molecule has 0 spiro atoms. The van der Waals surface area contributed by atoms with Crippen molar-refractivity contribution >= 4 is 7.82 Å².